The molecule has 33 heavy (non-hydrogen) atoms. The van der Waals surface area contributed by atoms with Gasteiger partial charge in [-0.15, -0.1) is 10.2 Å². The third-order valence-corrected chi connectivity index (χ3v) is 6.07. The van der Waals surface area contributed by atoms with Crippen LogP contribution >= 0.6 is 11.8 Å². The normalized spacial score (nSPS) is 10.8. The van der Waals surface area contributed by atoms with E-state index in [1.165, 1.54) is 18.7 Å². The third kappa shape index (κ3) is 5.40. The molecule has 0 fully saturated rings. The third-order valence-electron chi connectivity index (χ3n) is 5.10. The first-order valence-corrected chi connectivity index (χ1v) is 11.6. The first kappa shape index (κ1) is 22.5. The quantitative estimate of drug-likeness (QED) is 0.281. The van der Waals surface area contributed by atoms with Gasteiger partial charge in [-0.25, -0.2) is 0 Å². The van der Waals surface area contributed by atoms with Gasteiger partial charge in [0.05, 0.1) is 5.75 Å². The van der Waals surface area contributed by atoms with Gasteiger partial charge in [0.25, 0.3) is 0 Å². The predicted octanol–water partition coefficient (Wildman–Crippen LogP) is 4.96. The first-order chi connectivity index (χ1) is 16.0. The smallest absolute Gasteiger partial charge is 0.234 e. The van der Waals surface area contributed by atoms with Crippen LogP contribution in [-0.2, 0) is 17.9 Å². The van der Waals surface area contributed by atoms with Crippen LogP contribution in [0.2, 0.25) is 0 Å². The van der Waals surface area contributed by atoms with Crippen LogP contribution in [0.4, 0.5) is 5.69 Å². The molecule has 0 aliphatic rings. The maximum absolute atomic E-state index is 12.4. The summed E-state index contributed by atoms with van der Waals surface area (Å²) in [7, 11) is 0. The Kier molecular flexibility index (Phi) is 7.04. The van der Waals surface area contributed by atoms with E-state index in [0.717, 1.165) is 16.5 Å². The summed E-state index contributed by atoms with van der Waals surface area (Å²) >= 11 is 1.31. The zero-order chi connectivity index (χ0) is 23.2. The number of nitrogens with zero attached hydrogens (tertiary/aromatic N) is 3. The molecule has 8 heteroatoms. The summed E-state index contributed by atoms with van der Waals surface area (Å²) in [6, 6.07) is 20.9. The lowest BCUT2D eigenvalue weighted by atomic mass is 10.1. The van der Waals surface area contributed by atoms with Crippen molar-refractivity contribution in [1.82, 2.24) is 14.8 Å². The molecule has 0 aliphatic heterocycles. The molecule has 0 bridgehead atoms. The molecule has 0 radical (unpaired) electrons. The Morgan fingerprint density at radius 2 is 1.82 bits per heavy atom. The number of rotatable bonds is 9. The van der Waals surface area contributed by atoms with E-state index in [4.69, 9.17) is 4.74 Å². The van der Waals surface area contributed by atoms with Gasteiger partial charge in [-0.05, 0) is 37.4 Å². The number of ether oxygens (including phenoxy) is 1. The highest BCUT2D eigenvalue weighted by Crippen LogP contribution is 2.26. The zero-order valence-electron chi connectivity index (χ0n) is 18.4. The molecule has 0 aliphatic carbocycles. The van der Waals surface area contributed by atoms with E-state index in [0.29, 0.717) is 28.8 Å². The number of fused-ring (bicyclic) bond motifs is 1. The number of benzene rings is 3. The van der Waals surface area contributed by atoms with Gasteiger partial charge >= 0.3 is 0 Å². The summed E-state index contributed by atoms with van der Waals surface area (Å²) in [5.74, 6) is 1.43. The van der Waals surface area contributed by atoms with E-state index in [1.807, 2.05) is 54.0 Å². The van der Waals surface area contributed by atoms with Crippen LogP contribution in [0.25, 0.3) is 10.8 Å². The Balaban J connectivity index is 1.39. The summed E-state index contributed by atoms with van der Waals surface area (Å²) in [6.45, 7) is 4.43. The number of aromatic nitrogens is 3. The van der Waals surface area contributed by atoms with E-state index in [-0.39, 0.29) is 24.1 Å². The van der Waals surface area contributed by atoms with Crippen LogP contribution in [0.15, 0.2) is 71.9 Å². The van der Waals surface area contributed by atoms with Crippen molar-refractivity contribution in [2.24, 2.45) is 0 Å². The van der Waals surface area contributed by atoms with Crippen molar-refractivity contribution in [3.05, 3.63) is 78.1 Å². The van der Waals surface area contributed by atoms with Crippen molar-refractivity contribution in [3.63, 3.8) is 0 Å². The summed E-state index contributed by atoms with van der Waals surface area (Å²) in [5.41, 5.74) is 1.15. The Hall–Kier alpha value is -3.65. The fourth-order valence-corrected chi connectivity index (χ4v) is 4.28. The molecule has 0 unspecified atom stereocenters. The number of anilines is 1. The maximum Gasteiger partial charge on any atom is 0.234 e. The molecule has 1 heterocycles. The second-order valence-corrected chi connectivity index (χ2v) is 8.33. The van der Waals surface area contributed by atoms with E-state index in [1.54, 1.807) is 24.3 Å². The molecular formula is C25H24N4O3S. The fraction of sp³-hybridized carbons (Fsp3) is 0.200. The highest BCUT2D eigenvalue weighted by molar-refractivity contribution is 7.99. The fourth-order valence-electron chi connectivity index (χ4n) is 3.46. The minimum Gasteiger partial charge on any atom is -0.485 e. The van der Waals surface area contributed by atoms with E-state index < -0.39 is 0 Å². The van der Waals surface area contributed by atoms with Crippen molar-refractivity contribution >= 4 is 39.9 Å². The van der Waals surface area contributed by atoms with Gasteiger partial charge in [-0.1, -0.05) is 60.3 Å². The number of carbonyl (C=O) groups is 2. The molecule has 0 atom stereocenters. The van der Waals surface area contributed by atoms with Crippen molar-refractivity contribution in [2.45, 2.75) is 32.2 Å². The van der Waals surface area contributed by atoms with Crippen LogP contribution in [-0.4, -0.2) is 32.2 Å². The van der Waals surface area contributed by atoms with Crippen LogP contribution in [0.3, 0.4) is 0 Å². The first-order valence-electron chi connectivity index (χ1n) is 10.6. The number of amides is 1. The summed E-state index contributed by atoms with van der Waals surface area (Å²) < 4.78 is 8.00. The predicted molar refractivity (Wildman–Crippen MR) is 130 cm³/mol. The molecule has 0 saturated carbocycles. The summed E-state index contributed by atoms with van der Waals surface area (Å²) in [6.07, 6.45) is 0. The van der Waals surface area contributed by atoms with E-state index in [2.05, 4.69) is 15.5 Å². The minimum absolute atomic E-state index is 0.0465. The van der Waals surface area contributed by atoms with Gasteiger partial charge < -0.3 is 14.6 Å². The summed E-state index contributed by atoms with van der Waals surface area (Å²) in [5, 5.41) is 14.2. The van der Waals surface area contributed by atoms with Gasteiger partial charge in [-0.3, -0.25) is 9.59 Å². The van der Waals surface area contributed by atoms with Crippen molar-refractivity contribution in [3.8, 4) is 5.75 Å². The minimum atomic E-state index is -0.181. The molecule has 1 N–H and O–H groups in total. The monoisotopic (exact) mass is 460 g/mol. The Morgan fingerprint density at radius 3 is 2.64 bits per heavy atom. The SMILES string of the molecule is CCn1c(COc2cccc3ccccc23)nnc1SCC(=O)Nc1cccc(C(C)=O)c1. The highest BCUT2D eigenvalue weighted by Gasteiger charge is 2.14. The van der Waals surface area contributed by atoms with Gasteiger partial charge in [0.1, 0.15) is 12.4 Å². The lowest BCUT2D eigenvalue weighted by molar-refractivity contribution is -0.113. The standard InChI is InChI=1S/C25H24N4O3S/c1-3-29-23(15-32-22-13-7-9-18-8-4-5-12-21(18)22)27-28-25(29)33-16-24(31)26-20-11-6-10-19(14-20)17(2)30/h4-14H,3,15-16H2,1-2H3,(H,26,31). The topological polar surface area (TPSA) is 86.1 Å². The number of Topliss-reactive ketones (excluding diaryl/α,β-unsaturated/α-hetero) is 1. The van der Waals surface area contributed by atoms with E-state index >= 15 is 0 Å². The van der Waals surface area contributed by atoms with Crippen LogP contribution < -0.4 is 10.1 Å². The molecule has 1 aromatic heterocycles. The van der Waals surface area contributed by atoms with Gasteiger partial charge in [0.2, 0.25) is 5.91 Å². The zero-order valence-corrected chi connectivity index (χ0v) is 19.3. The molecule has 0 spiro atoms. The second kappa shape index (κ2) is 10.3. The average molecular weight is 461 g/mol. The number of hydrogen-bond donors (Lipinski definition) is 1. The molecule has 4 rings (SSSR count). The van der Waals surface area contributed by atoms with Gasteiger partial charge in [0, 0.05) is 23.2 Å². The molecule has 7 nitrogen and oxygen atoms in total. The second-order valence-electron chi connectivity index (χ2n) is 7.38. The number of thioether (sulfide) groups is 1. The van der Waals surface area contributed by atoms with Crippen molar-refractivity contribution in [2.75, 3.05) is 11.1 Å². The molecule has 4 aromatic rings. The Morgan fingerprint density at radius 1 is 1.03 bits per heavy atom. The number of nitrogens with one attached hydrogen (secondary N) is 1. The average Bonchev–Trinajstić information content (AvgIpc) is 3.23. The number of carbonyl (C=O) groups excluding carboxylic acids is 2. The lowest BCUT2D eigenvalue weighted by Crippen LogP contribution is -2.15. The molecular weight excluding hydrogens is 436 g/mol. The van der Waals surface area contributed by atoms with E-state index in [9.17, 15) is 9.59 Å². The van der Waals surface area contributed by atoms with Crippen molar-refractivity contribution in [1.29, 1.82) is 0 Å². The van der Waals surface area contributed by atoms with Gasteiger partial charge in [0.15, 0.2) is 16.8 Å². The Bertz CT molecular complexity index is 1300. The molecule has 0 saturated heterocycles. The molecule has 168 valence electrons. The van der Waals surface area contributed by atoms with Crippen molar-refractivity contribution < 1.29 is 14.3 Å². The molecule has 3 aromatic carbocycles. The number of hydrogen-bond acceptors (Lipinski definition) is 6. The number of ketones is 1. The van der Waals surface area contributed by atoms with Crippen LogP contribution in [0, 0.1) is 0 Å². The largest absolute Gasteiger partial charge is 0.485 e. The Labute approximate surface area is 196 Å². The molecule has 1 amide bonds. The lowest BCUT2D eigenvalue weighted by Gasteiger charge is -2.11. The van der Waals surface area contributed by atoms with Gasteiger partial charge in [-0.2, -0.15) is 0 Å². The van der Waals surface area contributed by atoms with Crippen LogP contribution in [0.5, 0.6) is 5.75 Å². The summed E-state index contributed by atoms with van der Waals surface area (Å²) in [4.78, 5) is 23.9. The van der Waals surface area contributed by atoms with Crippen LogP contribution in [0.1, 0.15) is 30.0 Å². The highest BCUT2D eigenvalue weighted by atomic mass is 32.2. The maximum atomic E-state index is 12.4.